The fourth-order valence-electron chi connectivity index (χ4n) is 2.87. The number of benzene rings is 1. The minimum atomic E-state index is -0.655. The first-order valence-electron chi connectivity index (χ1n) is 8.66. The summed E-state index contributed by atoms with van der Waals surface area (Å²) in [6, 6.07) is 3.66. The smallest absolute Gasteiger partial charge is 0.273 e. The topological polar surface area (TPSA) is 73.5 Å². The molecule has 1 fully saturated rings. The van der Waals surface area contributed by atoms with Gasteiger partial charge in [0.25, 0.3) is 5.91 Å². The van der Waals surface area contributed by atoms with Crippen molar-refractivity contribution < 1.29 is 23.2 Å². The molecule has 2 aromatic rings. The number of morpholine rings is 1. The lowest BCUT2D eigenvalue weighted by molar-refractivity contribution is -0.908. The number of aromatic nitrogens is 3. The number of halogens is 2. The molecule has 0 saturated carbocycles. The zero-order valence-corrected chi connectivity index (χ0v) is 14.4. The van der Waals surface area contributed by atoms with Gasteiger partial charge in [0.15, 0.2) is 5.69 Å². The Morgan fingerprint density at radius 2 is 2.00 bits per heavy atom. The van der Waals surface area contributed by atoms with E-state index in [9.17, 15) is 13.6 Å². The molecular weight excluding hydrogens is 344 g/mol. The molecule has 0 atom stereocenters. The average molecular weight is 366 g/mol. The van der Waals surface area contributed by atoms with Gasteiger partial charge in [0.1, 0.15) is 24.7 Å². The predicted octanol–water partition coefficient (Wildman–Crippen LogP) is -0.360. The standard InChI is InChI=1S/C17H21F2N5O2/c18-14-3-1-4-15(19)13(14)11-24-12-16(21-22-24)17(25)20-5-2-6-23-7-9-26-10-8-23/h1,3-4,12H,2,5-11H2,(H,20,25)/p+1. The third-order valence-electron chi connectivity index (χ3n) is 4.35. The molecule has 1 aliphatic rings. The van der Waals surface area contributed by atoms with Crippen LogP contribution in [0.2, 0.25) is 0 Å². The molecule has 2 heterocycles. The molecule has 1 aromatic carbocycles. The van der Waals surface area contributed by atoms with Gasteiger partial charge in [0.2, 0.25) is 0 Å². The Labute approximate surface area is 149 Å². The SMILES string of the molecule is O=C(NCCC[NH+]1CCOCC1)c1cn(Cc2c(F)cccc2F)nn1. The molecule has 2 N–H and O–H groups in total. The summed E-state index contributed by atoms with van der Waals surface area (Å²) in [5.74, 6) is -1.66. The zero-order valence-electron chi connectivity index (χ0n) is 14.4. The van der Waals surface area contributed by atoms with Crippen LogP contribution in [0.25, 0.3) is 0 Å². The lowest BCUT2D eigenvalue weighted by Gasteiger charge is -2.23. The normalized spacial score (nSPS) is 15.2. The van der Waals surface area contributed by atoms with E-state index in [2.05, 4.69) is 15.6 Å². The molecule has 0 radical (unpaired) electrons. The molecule has 1 saturated heterocycles. The summed E-state index contributed by atoms with van der Waals surface area (Å²) in [6.07, 6.45) is 2.24. The monoisotopic (exact) mass is 366 g/mol. The van der Waals surface area contributed by atoms with Crippen molar-refractivity contribution in [3.63, 3.8) is 0 Å². The lowest BCUT2D eigenvalue weighted by Crippen LogP contribution is -3.14. The largest absolute Gasteiger partial charge is 0.370 e. The Balaban J connectivity index is 1.47. The molecule has 0 spiro atoms. The highest BCUT2D eigenvalue weighted by Gasteiger charge is 2.15. The van der Waals surface area contributed by atoms with Crippen molar-refractivity contribution >= 4 is 5.91 Å². The van der Waals surface area contributed by atoms with Crippen molar-refractivity contribution in [2.75, 3.05) is 39.4 Å². The fraction of sp³-hybridized carbons (Fsp3) is 0.471. The summed E-state index contributed by atoms with van der Waals surface area (Å²) in [6.45, 7) is 4.95. The van der Waals surface area contributed by atoms with Gasteiger partial charge in [0, 0.05) is 18.5 Å². The Hall–Kier alpha value is -2.39. The van der Waals surface area contributed by atoms with Crippen LogP contribution in [0.5, 0.6) is 0 Å². The third kappa shape index (κ3) is 4.83. The molecule has 26 heavy (non-hydrogen) atoms. The number of hydrogen-bond donors (Lipinski definition) is 2. The van der Waals surface area contributed by atoms with Crippen LogP contribution in [0.1, 0.15) is 22.5 Å². The van der Waals surface area contributed by atoms with Gasteiger partial charge in [-0.1, -0.05) is 11.3 Å². The van der Waals surface area contributed by atoms with Gasteiger partial charge in [-0.25, -0.2) is 13.5 Å². The second-order valence-electron chi connectivity index (χ2n) is 6.22. The van der Waals surface area contributed by atoms with Crippen molar-refractivity contribution in [1.29, 1.82) is 0 Å². The average Bonchev–Trinajstić information content (AvgIpc) is 3.11. The van der Waals surface area contributed by atoms with Crippen LogP contribution in [0.15, 0.2) is 24.4 Å². The Kier molecular flexibility index (Phi) is 6.24. The number of rotatable bonds is 7. The lowest BCUT2D eigenvalue weighted by atomic mass is 10.2. The van der Waals surface area contributed by atoms with Gasteiger partial charge in [-0.15, -0.1) is 5.10 Å². The molecule has 1 amide bonds. The molecular formula is C17H22F2N5O2+. The number of carbonyl (C=O) groups is 1. The molecule has 1 aromatic heterocycles. The van der Waals surface area contributed by atoms with Crippen molar-refractivity contribution in [3.05, 3.63) is 47.3 Å². The van der Waals surface area contributed by atoms with Crippen molar-refractivity contribution in [2.45, 2.75) is 13.0 Å². The highest BCUT2D eigenvalue weighted by molar-refractivity contribution is 5.91. The van der Waals surface area contributed by atoms with Gasteiger partial charge in [0.05, 0.1) is 32.5 Å². The molecule has 0 aliphatic carbocycles. The molecule has 1 aliphatic heterocycles. The van der Waals surface area contributed by atoms with Gasteiger partial charge < -0.3 is 15.0 Å². The molecule has 3 rings (SSSR count). The van der Waals surface area contributed by atoms with Gasteiger partial charge in [-0.3, -0.25) is 4.79 Å². The first-order chi connectivity index (χ1) is 12.6. The molecule has 140 valence electrons. The van der Waals surface area contributed by atoms with E-state index >= 15 is 0 Å². The maximum Gasteiger partial charge on any atom is 0.273 e. The number of nitrogens with zero attached hydrogens (tertiary/aromatic N) is 3. The van der Waals surface area contributed by atoms with Crippen LogP contribution in [-0.4, -0.2) is 60.3 Å². The summed E-state index contributed by atoms with van der Waals surface area (Å²) in [7, 11) is 0. The molecule has 0 bridgehead atoms. The first-order valence-corrected chi connectivity index (χ1v) is 8.66. The summed E-state index contributed by atoms with van der Waals surface area (Å²) in [5.41, 5.74) is 0.0123. The Morgan fingerprint density at radius 3 is 2.73 bits per heavy atom. The van der Waals surface area contributed by atoms with E-state index < -0.39 is 11.6 Å². The van der Waals surface area contributed by atoms with Crippen molar-refractivity contribution in [2.24, 2.45) is 0 Å². The number of carbonyl (C=O) groups excluding carboxylic acids is 1. The van der Waals surface area contributed by atoms with Crippen LogP contribution in [0, 0.1) is 11.6 Å². The molecule has 7 nitrogen and oxygen atoms in total. The number of quaternary nitrogens is 1. The number of amides is 1. The molecule has 9 heteroatoms. The van der Waals surface area contributed by atoms with E-state index in [4.69, 9.17) is 4.74 Å². The Morgan fingerprint density at radius 1 is 1.27 bits per heavy atom. The number of ether oxygens (including phenoxy) is 1. The number of hydrogen-bond acceptors (Lipinski definition) is 4. The van der Waals surface area contributed by atoms with Gasteiger partial charge in [-0.05, 0) is 12.1 Å². The van der Waals surface area contributed by atoms with Crippen LogP contribution in [0.4, 0.5) is 8.78 Å². The summed E-state index contributed by atoms with van der Waals surface area (Å²) in [5, 5.41) is 10.3. The van der Waals surface area contributed by atoms with E-state index in [1.54, 1.807) is 0 Å². The zero-order chi connectivity index (χ0) is 18.4. The van der Waals surface area contributed by atoms with Crippen molar-refractivity contribution in [1.82, 2.24) is 20.3 Å². The van der Waals surface area contributed by atoms with Crippen molar-refractivity contribution in [3.8, 4) is 0 Å². The minimum absolute atomic E-state index is 0.113. The first kappa shape index (κ1) is 18.4. The van der Waals surface area contributed by atoms with E-state index in [0.29, 0.717) is 6.54 Å². The number of nitrogens with one attached hydrogen (secondary N) is 2. The molecule has 0 unspecified atom stereocenters. The Bertz CT molecular complexity index is 726. The van der Waals surface area contributed by atoms with Gasteiger partial charge in [-0.2, -0.15) is 0 Å². The minimum Gasteiger partial charge on any atom is -0.370 e. The maximum absolute atomic E-state index is 13.7. The second-order valence-corrected chi connectivity index (χ2v) is 6.22. The third-order valence-corrected chi connectivity index (χ3v) is 4.35. The van der Waals surface area contributed by atoms with E-state index in [1.807, 2.05) is 0 Å². The quantitative estimate of drug-likeness (QED) is 0.657. The van der Waals surface area contributed by atoms with Crippen LogP contribution < -0.4 is 10.2 Å². The summed E-state index contributed by atoms with van der Waals surface area (Å²) in [4.78, 5) is 13.6. The highest BCUT2D eigenvalue weighted by Crippen LogP contribution is 2.13. The van der Waals surface area contributed by atoms with Gasteiger partial charge >= 0.3 is 0 Å². The summed E-state index contributed by atoms with van der Waals surface area (Å²) >= 11 is 0. The summed E-state index contributed by atoms with van der Waals surface area (Å²) < 4.78 is 33.9. The van der Waals surface area contributed by atoms with Crippen LogP contribution in [0.3, 0.4) is 0 Å². The highest BCUT2D eigenvalue weighted by atomic mass is 19.1. The fourth-order valence-corrected chi connectivity index (χ4v) is 2.87. The van der Waals surface area contributed by atoms with E-state index in [1.165, 1.54) is 34.0 Å². The van der Waals surface area contributed by atoms with Crippen LogP contribution in [-0.2, 0) is 11.3 Å². The van der Waals surface area contributed by atoms with Crippen LogP contribution >= 0.6 is 0 Å². The maximum atomic E-state index is 13.7. The van der Waals surface area contributed by atoms with E-state index in [0.717, 1.165) is 39.3 Å². The van der Waals surface area contributed by atoms with E-state index in [-0.39, 0.29) is 23.7 Å². The predicted molar refractivity (Wildman–Crippen MR) is 88.8 cm³/mol. The second kappa shape index (κ2) is 8.81.